The fourth-order valence-corrected chi connectivity index (χ4v) is 3.38. The average Bonchev–Trinajstić information content (AvgIpc) is 3.14. The summed E-state index contributed by atoms with van der Waals surface area (Å²) in [7, 11) is 3.52. The number of anilines is 1. The number of nitrogens with one attached hydrogen (secondary N) is 1. The van der Waals surface area contributed by atoms with E-state index in [4.69, 9.17) is 9.47 Å². The van der Waals surface area contributed by atoms with Crippen LogP contribution in [0.1, 0.15) is 19.2 Å². The molecule has 1 N–H and O–H groups in total. The highest BCUT2D eigenvalue weighted by atomic mass is 127. The molecule has 0 amide bonds. The van der Waals surface area contributed by atoms with Gasteiger partial charge in [-0.15, -0.1) is 24.0 Å². The summed E-state index contributed by atoms with van der Waals surface area (Å²) in [6.45, 7) is 8.73. The Morgan fingerprint density at radius 2 is 2.00 bits per heavy atom. The predicted molar refractivity (Wildman–Crippen MR) is 117 cm³/mol. The van der Waals surface area contributed by atoms with Crippen LogP contribution < -0.4 is 10.2 Å². The maximum atomic E-state index is 5.47. The topological polar surface area (TPSA) is 75.1 Å². The van der Waals surface area contributed by atoms with Gasteiger partial charge in [0, 0.05) is 71.4 Å². The number of methoxy groups -OCH3 is 1. The van der Waals surface area contributed by atoms with Gasteiger partial charge in [0.25, 0.3) is 0 Å². The third-order valence-corrected chi connectivity index (χ3v) is 4.83. The van der Waals surface area contributed by atoms with Crippen LogP contribution in [0.4, 0.5) is 5.13 Å². The average molecular weight is 498 g/mol. The molecular formula is C16H31IN6O2S. The highest BCUT2D eigenvalue weighted by Crippen LogP contribution is 2.19. The van der Waals surface area contributed by atoms with Crippen molar-refractivity contribution in [2.45, 2.75) is 19.8 Å². The van der Waals surface area contributed by atoms with Gasteiger partial charge in [0.1, 0.15) is 5.82 Å². The molecule has 10 heteroatoms. The molecule has 0 aliphatic carbocycles. The molecule has 0 saturated carbocycles. The third kappa shape index (κ3) is 7.49. The third-order valence-electron chi connectivity index (χ3n) is 4.02. The van der Waals surface area contributed by atoms with Crippen molar-refractivity contribution >= 4 is 46.6 Å². The van der Waals surface area contributed by atoms with E-state index in [-0.39, 0.29) is 24.0 Å². The molecule has 0 spiro atoms. The summed E-state index contributed by atoms with van der Waals surface area (Å²) in [5.41, 5.74) is 0. The van der Waals surface area contributed by atoms with E-state index in [1.165, 1.54) is 11.5 Å². The molecule has 2 heterocycles. The van der Waals surface area contributed by atoms with Gasteiger partial charge >= 0.3 is 0 Å². The Morgan fingerprint density at radius 3 is 2.62 bits per heavy atom. The maximum absolute atomic E-state index is 5.47. The van der Waals surface area contributed by atoms with E-state index >= 15 is 0 Å². The Kier molecular flexibility index (Phi) is 12.1. The number of nitrogens with zero attached hydrogens (tertiary/aromatic N) is 5. The van der Waals surface area contributed by atoms with Gasteiger partial charge in [-0.1, -0.05) is 6.92 Å². The monoisotopic (exact) mass is 498 g/mol. The van der Waals surface area contributed by atoms with Crippen LogP contribution in [0.25, 0.3) is 0 Å². The quantitative estimate of drug-likeness (QED) is 0.239. The van der Waals surface area contributed by atoms with E-state index in [0.717, 1.165) is 69.1 Å². The van der Waals surface area contributed by atoms with Gasteiger partial charge in [-0.2, -0.15) is 4.37 Å². The fraction of sp³-hybridized carbons (Fsp3) is 0.812. The maximum Gasteiger partial charge on any atom is 0.205 e. The molecule has 0 bridgehead atoms. The van der Waals surface area contributed by atoms with E-state index in [1.807, 2.05) is 7.05 Å². The van der Waals surface area contributed by atoms with Crippen molar-refractivity contribution in [3.05, 3.63) is 5.82 Å². The zero-order valence-electron chi connectivity index (χ0n) is 15.9. The van der Waals surface area contributed by atoms with E-state index in [0.29, 0.717) is 13.2 Å². The highest BCUT2D eigenvalue weighted by molar-refractivity contribution is 14.0. The molecule has 0 unspecified atom stereocenters. The molecule has 26 heavy (non-hydrogen) atoms. The van der Waals surface area contributed by atoms with Crippen molar-refractivity contribution in [1.29, 1.82) is 0 Å². The Balaban J connectivity index is 0.00000338. The lowest BCUT2D eigenvalue weighted by molar-refractivity contribution is 0.0698. The second-order valence-corrected chi connectivity index (χ2v) is 6.48. The molecule has 1 aromatic rings. The molecule has 2 rings (SSSR count). The minimum absolute atomic E-state index is 0. The van der Waals surface area contributed by atoms with Gasteiger partial charge in [-0.05, 0) is 6.42 Å². The lowest BCUT2D eigenvalue weighted by Crippen LogP contribution is -2.52. The second-order valence-electron chi connectivity index (χ2n) is 5.75. The predicted octanol–water partition coefficient (Wildman–Crippen LogP) is 1.47. The molecule has 1 saturated heterocycles. The number of hydrogen-bond donors (Lipinski definition) is 1. The number of piperazine rings is 1. The van der Waals surface area contributed by atoms with Gasteiger partial charge in [-0.3, -0.25) is 4.99 Å². The summed E-state index contributed by atoms with van der Waals surface area (Å²) in [6.07, 6.45) is 1.84. The lowest BCUT2D eigenvalue weighted by Gasteiger charge is -2.36. The SMILES string of the molecule is CCc1nsc(N2CCN(C(=NC)NCCCOCCOC)CC2)n1.I. The minimum Gasteiger partial charge on any atom is -0.382 e. The zero-order valence-corrected chi connectivity index (χ0v) is 19.1. The smallest absolute Gasteiger partial charge is 0.205 e. The van der Waals surface area contributed by atoms with Crippen molar-refractivity contribution in [1.82, 2.24) is 19.6 Å². The first-order valence-corrected chi connectivity index (χ1v) is 9.65. The molecule has 1 aromatic heterocycles. The van der Waals surface area contributed by atoms with E-state index in [1.54, 1.807) is 7.11 Å². The first-order valence-electron chi connectivity index (χ1n) is 8.88. The normalized spacial score (nSPS) is 15.1. The number of hydrogen-bond acceptors (Lipinski definition) is 7. The van der Waals surface area contributed by atoms with Crippen molar-refractivity contribution in [2.24, 2.45) is 4.99 Å². The molecule has 1 fully saturated rings. The Hall–Kier alpha value is -0.720. The van der Waals surface area contributed by atoms with Crippen LogP contribution in [0.15, 0.2) is 4.99 Å². The van der Waals surface area contributed by atoms with E-state index in [2.05, 4.69) is 36.4 Å². The van der Waals surface area contributed by atoms with Crippen LogP contribution >= 0.6 is 35.5 Å². The van der Waals surface area contributed by atoms with Crippen LogP contribution in [-0.2, 0) is 15.9 Å². The Labute approximate surface area is 177 Å². The first kappa shape index (κ1) is 23.3. The largest absolute Gasteiger partial charge is 0.382 e. The molecule has 0 atom stereocenters. The number of aliphatic imine (C=N–C) groups is 1. The van der Waals surface area contributed by atoms with Gasteiger partial charge in [-0.25, -0.2) is 4.98 Å². The first-order chi connectivity index (χ1) is 12.3. The molecule has 0 radical (unpaired) electrons. The summed E-state index contributed by atoms with van der Waals surface area (Å²) in [5, 5.41) is 4.45. The van der Waals surface area contributed by atoms with Crippen molar-refractivity contribution < 1.29 is 9.47 Å². The minimum atomic E-state index is 0. The number of halogens is 1. The van der Waals surface area contributed by atoms with Crippen LogP contribution in [-0.4, -0.2) is 86.9 Å². The van der Waals surface area contributed by atoms with Crippen LogP contribution in [0, 0.1) is 0 Å². The standard InChI is InChI=1S/C16H30N6O2S.HI/c1-4-14-19-16(25-20-14)22-9-7-21(8-10-22)15(17-2)18-6-5-11-24-13-12-23-3;/h4-13H2,1-3H3,(H,17,18);1H. The molecule has 1 aliphatic rings. The van der Waals surface area contributed by atoms with Gasteiger partial charge in [0.05, 0.1) is 13.2 Å². The summed E-state index contributed by atoms with van der Waals surface area (Å²) in [4.78, 5) is 13.6. The van der Waals surface area contributed by atoms with Gasteiger partial charge < -0.3 is 24.6 Å². The molecular weight excluding hydrogens is 467 g/mol. The summed E-state index contributed by atoms with van der Waals surface area (Å²) in [6, 6.07) is 0. The van der Waals surface area contributed by atoms with Gasteiger partial charge in [0.2, 0.25) is 5.13 Å². The Morgan fingerprint density at radius 1 is 1.23 bits per heavy atom. The van der Waals surface area contributed by atoms with Crippen LogP contribution in [0.2, 0.25) is 0 Å². The number of aromatic nitrogens is 2. The zero-order chi connectivity index (χ0) is 17.9. The second kappa shape index (κ2) is 13.4. The summed E-state index contributed by atoms with van der Waals surface area (Å²) >= 11 is 1.50. The highest BCUT2D eigenvalue weighted by Gasteiger charge is 2.21. The molecule has 150 valence electrons. The van der Waals surface area contributed by atoms with E-state index < -0.39 is 0 Å². The van der Waals surface area contributed by atoms with E-state index in [9.17, 15) is 0 Å². The van der Waals surface area contributed by atoms with Crippen LogP contribution in [0.3, 0.4) is 0 Å². The number of rotatable bonds is 9. The number of guanidine groups is 1. The molecule has 0 aromatic carbocycles. The van der Waals surface area contributed by atoms with Crippen molar-refractivity contribution in [3.63, 3.8) is 0 Å². The molecule has 8 nitrogen and oxygen atoms in total. The summed E-state index contributed by atoms with van der Waals surface area (Å²) < 4.78 is 14.8. The Bertz CT molecular complexity index is 523. The summed E-state index contributed by atoms with van der Waals surface area (Å²) in [5.74, 6) is 1.90. The number of aryl methyl sites for hydroxylation is 1. The molecule has 1 aliphatic heterocycles. The fourth-order valence-electron chi connectivity index (χ4n) is 2.58. The van der Waals surface area contributed by atoms with Crippen molar-refractivity contribution in [2.75, 3.05) is 71.6 Å². The van der Waals surface area contributed by atoms with Crippen LogP contribution in [0.5, 0.6) is 0 Å². The number of ether oxygens (including phenoxy) is 2. The van der Waals surface area contributed by atoms with Crippen molar-refractivity contribution in [3.8, 4) is 0 Å². The lowest BCUT2D eigenvalue weighted by atomic mass is 10.3. The van der Waals surface area contributed by atoms with Gasteiger partial charge in [0.15, 0.2) is 5.96 Å².